The molecule has 23 heavy (non-hydrogen) atoms. The van der Waals surface area contributed by atoms with E-state index in [-0.39, 0.29) is 11.3 Å². The van der Waals surface area contributed by atoms with Crippen molar-refractivity contribution in [2.45, 2.75) is 6.92 Å². The molecule has 3 rings (SSSR count). The van der Waals surface area contributed by atoms with Gasteiger partial charge in [0.1, 0.15) is 5.75 Å². The number of carbonyl (C=O) groups excluding carboxylic acids is 1. The zero-order chi connectivity index (χ0) is 16.6. The highest BCUT2D eigenvalue weighted by atomic mass is 35.5. The fourth-order valence-electron chi connectivity index (χ4n) is 2.49. The number of benzene rings is 3. The van der Waals surface area contributed by atoms with Crippen molar-refractivity contribution in [3.05, 3.63) is 69.7 Å². The van der Waals surface area contributed by atoms with Crippen molar-refractivity contribution in [1.29, 1.82) is 0 Å². The highest BCUT2D eigenvalue weighted by molar-refractivity contribution is 6.36. The Morgan fingerprint density at radius 1 is 1.04 bits per heavy atom. The van der Waals surface area contributed by atoms with Gasteiger partial charge in [0.2, 0.25) is 0 Å². The van der Waals surface area contributed by atoms with Gasteiger partial charge in [0, 0.05) is 10.4 Å². The fourth-order valence-corrected chi connectivity index (χ4v) is 2.95. The third-order valence-electron chi connectivity index (χ3n) is 3.65. The SMILES string of the molecule is Cc1cc(C(=O)Nc2ccc(Cl)cc2Cl)c(O)c2ccccc12. The predicted octanol–water partition coefficient (Wildman–Crippen LogP) is 5.41. The van der Waals surface area contributed by atoms with Crippen LogP contribution in [0.15, 0.2) is 48.5 Å². The number of carbonyl (C=O) groups is 1. The Kier molecular flexibility index (Phi) is 4.16. The molecule has 0 heterocycles. The lowest BCUT2D eigenvalue weighted by molar-refractivity contribution is 0.102. The van der Waals surface area contributed by atoms with Gasteiger partial charge in [-0.15, -0.1) is 0 Å². The average Bonchev–Trinajstić information content (AvgIpc) is 2.53. The highest BCUT2D eigenvalue weighted by Crippen LogP contribution is 2.32. The van der Waals surface area contributed by atoms with E-state index < -0.39 is 5.91 Å². The van der Waals surface area contributed by atoms with E-state index in [0.29, 0.717) is 21.1 Å². The number of amides is 1. The average molecular weight is 346 g/mol. The second kappa shape index (κ2) is 6.11. The molecule has 1 amide bonds. The number of rotatable bonds is 2. The second-order valence-corrected chi connectivity index (χ2v) is 6.06. The number of fused-ring (bicyclic) bond motifs is 1. The first kappa shape index (κ1) is 15.7. The van der Waals surface area contributed by atoms with E-state index in [1.807, 2.05) is 25.1 Å². The van der Waals surface area contributed by atoms with Crippen LogP contribution in [0.4, 0.5) is 5.69 Å². The van der Waals surface area contributed by atoms with E-state index in [4.69, 9.17) is 23.2 Å². The Balaban J connectivity index is 2.03. The number of phenolic OH excluding ortho intramolecular Hbond substituents is 1. The summed E-state index contributed by atoms with van der Waals surface area (Å²) in [5.41, 5.74) is 1.55. The van der Waals surface area contributed by atoms with Crippen LogP contribution in [0.3, 0.4) is 0 Å². The Bertz CT molecular complexity index is 922. The first-order valence-electron chi connectivity index (χ1n) is 6.95. The summed E-state index contributed by atoms with van der Waals surface area (Å²) in [4.78, 5) is 12.5. The summed E-state index contributed by atoms with van der Waals surface area (Å²) >= 11 is 11.9. The van der Waals surface area contributed by atoms with Gasteiger partial charge < -0.3 is 10.4 Å². The lowest BCUT2D eigenvalue weighted by Gasteiger charge is -2.12. The number of hydrogen-bond acceptors (Lipinski definition) is 2. The normalized spacial score (nSPS) is 10.7. The number of anilines is 1. The van der Waals surface area contributed by atoms with Gasteiger partial charge in [-0.05, 0) is 42.1 Å². The molecule has 0 spiro atoms. The maximum Gasteiger partial charge on any atom is 0.259 e. The summed E-state index contributed by atoms with van der Waals surface area (Å²) < 4.78 is 0. The van der Waals surface area contributed by atoms with Gasteiger partial charge in [0.25, 0.3) is 5.91 Å². The van der Waals surface area contributed by atoms with Gasteiger partial charge in [0.05, 0.1) is 16.3 Å². The van der Waals surface area contributed by atoms with Crippen LogP contribution in [-0.4, -0.2) is 11.0 Å². The largest absolute Gasteiger partial charge is 0.506 e. The van der Waals surface area contributed by atoms with Crippen molar-refractivity contribution in [3.8, 4) is 5.75 Å². The summed E-state index contributed by atoms with van der Waals surface area (Å²) in [6, 6.07) is 13.9. The first-order chi connectivity index (χ1) is 11.0. The van der Waals surface area contributed by atoms with Gasteiger partial charge >= 0.3 is 0 Å². The second-order valence-electron chi connectivity index (χ2n) is 5.21. The molecule has 0 aliphatic carbocycles. The molecule has 3 nitrogen and oxygen atoms in total. The molecule has 0 saturated carbocycles. The van der Waals surface area contributed by atoms with E-state index in [1.165, 1.54) is 0 Å². The van der Waals surface area contributed by atoms with Crippen LogP contribution in [-0.2, 0) is 0 Å². The molecule has 0 aliphatic heterocycles. The minimum atomic E-state index is -0.430. The van der Waals surface area contributed by atoms with Crippen LogP contribution in [0.1, 0.15) is 15.9 Å². The monoisotopic (exact) mass is 345 g/mol. The van der Waals surface area contributed by atoms with Crippen molar-refractivity contribution in [2.75, 3.05) is 5.32 Å². The van der Waals surface area contributed by atoms with Crippen molar-refractivity contribution in [3.63, 3.8) is 0 Å². The number of hydrogen-bond donors (Lipinski definition) is 2. The minimum Gasteiger partial charge on any atom is -0.506 e. The molecule has 116 valence electrons. The van der Waals surface area contributed by atoms with Gasteiger partial charge in [-0.2, -0.15) is 0 Å². The van der Waals surface area contributed by atoms with Crippen LogP contribution in [0.5, 0.6) is 5.75 Å². The highest BCUT2D eigenvalue weighted by Gasteiger charge is 2.16. The molecule has 3 aromatic rings. The minimum absolute atomic E-state index is 0.0474. The van der Waals surface area contributed by atoms with Gasteiger partial charge in [0.15, 0.2) is 0 Å². The van der Waals surface area contributed by atoms with E-state index in [0.717, 1.165) is 10.9 Å². The lowest BCUT2D eigenvalue weighted by Crippen LogP contribution is -2.13. The summed E-state index contributed by atoms with van der Waals surface area (Å²) in [5.74, 6) is -0.477. The Labute approximate surface area is 143 Å². The number of phenols is 1. The Hall–Kier alpha value is -2.23. The summed E-state index contributed by atoms with van der Waals surface area (Å²) in [7, 11) is 0. The first-order valence-corrected chi connectivity index (χ1v) is 7.70. The van der Waals surface area contributed by atoms with Crippen LogP contribution >= 0.6 is 23.2 Å². The zero-order valence-corrected chi connectivity index (χ0v) is 13.7. The van der Waals surface area contributed by atoms with Crippen molar-refractivity contribution in [2.24, 2.45) is 0 Å². The maximum absolute atomic E-state index is 12.5. The molecule has 0 bridgehead atoms. The molecule has 2 N–H and O–H groups in total. The third kappa shape index (κ3) is 2.98. The van der Waals surface area contributed by atoms with Crippen LogP contribution in [0.2, 0.25) is 10.0 Å². The third-order valence-corrected chi connectivity index (χ3v) is 4.19. The maximum atomic E-state index is 12.5. The van der Waals surface area contributed by atoms with Gasteiger partial charge in [-0.3, -0.25) is 4.79 Å². The molecule has 0 aromatic heterocycles. The summed E-state index contributed by atoms with van der Waals surface area (Å²) in [6.45, 7) is 1.90. The number of aryl methyl sites for hydroxylation is 1. The molecule has 0 unspecified atom stereocenters. The summed E-state index contributed by atoms with van der Waals surface area (Å²) in [5, 5.41) is 15.5. The van der Waals surface area contributed by atoms with E-state index in [1.54, 1.807) is 30.3 Å². The summed E-state index contributed by atoms with van der Waals surface area (Å²) in [6.07, 6.45) is 0. The Morgan fingerprint density at radius 2 is 1.74 bits per heavy atom. The van der Waals surface area contributed by atoms with Crippen LogP contribution in [0.25, 0.3) is 10.8 Å². The van der Waals surface area contributed by atoms with Gasteiger partial charge in [-0.1, -0.05) is 47.5 Å². The standard InChI is InChI=1S/C18H13Cl2NO2/c1-10-8-14(17(22)13-5-3-2-4-12(10)13)18(23)21-16-7-6-11(19)9-15(16)20/h2-9,22H,1H3,(H,21,23). The molecular weight excluding hydrogens is 333 g/mol. The number of aromatic hydroxyl groups is 1. The number of halogens is 2. The lowest BCUT2D eigenvalue weighted by atomic mass is 10.00. The quantitative estimate of drug-likeness (QED) is 0.652. The van der Waals surface area contributed by atoms with Crippen LogP contribution in [0, 0.1) is 6.92 Å². The molecule has 0 saturated heterocycles. The predicted molar refractivity (Wildman–Crippen MR) is 94.8 cm³/mol. The van der Waals surface area contributed by atoms with Crippen molar-refractivity contribution >= 4 is 45.6 Å². The molecule has 0 aliphatic rings. The Morgan fingerprint density at radius 3 is 2.43 bits per heavy atom. The van der Waals surface area contributed by atoms with E-state index in [2.05, 4.69) is 5.32 Å². The molecule has 0 radical (unpaired) electrons. The smallest absolute Gasteiger partial charge is 0.259 e. The molecule has 0 fully saturated rings. The topological polar surface area (TPSA) is 49.3 Å². The molecule has 5 heteroatoms. The fraction of sp³-hybridized carbons (Fsp3) is 0.0556. The zero-order valence-electron chi connectivity index (χ0n) is 12.2. The van der Waals surface area contributed by atoms with Crippen molar-refractivity contribution in [1.82, 2.24) is 0 Å². The van der Waals surface area contributed by atoms with Crippen LogP contribution < -0.4 is 5.32 Å². The van der Waals surface area contributed by atoms with E-state index >= 15 is 0 Å². The van der Waals surface area contributed by atoms with E-state index in [9.17, 15) is 9.90 Å². The molecular formula is C18H13Cl2NO2. The number of nitrogens with one attached hydrogen (secondary N) is 1. The van der Waals surface area contributed by atoms with Gasteiger partial charge in [-0.25, -0.2) is 0 Å². The molecule has 0 atom stereocenters. The molecule has 3 aromatic carbocycles. The van der Waals surface area contributed by atoms with Crippen molar-refractivity contribution < 1.29 is 9.90 Å².